The van der Waals surface area contributed by atoms with Gasteiger partial charge in [0.2, 0.25) is 5.91 Å². The van der Waals surface area contributed by atoms with Crippen LogP contribution in [-0.2, 0) is 20.9 Å². The molecule has 2 aliphatic heterocycles. The van der Waals surface area contributed by atoms with Gasteiger partial charge >= 0.3 is 0 Å². The van der Waals surface area contributed by atoms with E-state index in [4.69, 9.17) is 9.47 Å². The van der Waals surface area contributed by atoms with Gasteiger partial charge in [-0.3, -0.25) is 19.3 Å². The van der Waals surface area contributed by atoms with E-state index in [1.807, 2.05) is 48.5 Å². The Labute approximate surface area is 198 Å². The molecule has 4 rings (SSSR count). The number of morpholine rings is 1. The van der Waals surface area contributed by atoms with Crippen molar-refractivity contribution in [2.75, 3.05) is 32.8 Å². The molecule has 7 nitrogen and oxygen atoms in total. The van der Waals surface area contributed by atoms with Gasteiger partial charge in [-0.05, 0) is 41.6 Å². The van der Waals surface area contributed by atoms with E-state index in [2.05, 4.69) is 15.9 Å². The molecule has 2 aromatic rings. The van der Waals surface area contributed by atoms with Crippen LogP contribution >= 0.6 is 27.7 Å². The molecule has 0 saturated carbocycles. The monoisotopic (exact) mass is 516 g/mol. The second-order valence-electron chi connectivity index (χ2n) is 7.21. The fourth-order valence-corrected chi connectivity index (χ4v) is 4.39. The summed E-state index contributed by atoms with van der Waals surface area (Å²) in [5.41, 5.74) is 1.69. The molecule has 166 valence electrons. The first-order chi connectivity index (χ1) is 15.5. The molecule has 9 heteroatoms. The highest BCUT2D eigenvalue weighted by Crippen LogP contribution is 2.34. The van der Waals surface area contributed by atoms with Gasteiger partial charge in [0.05, 0.1) is 18.1 Å². The van der Waals surface area contributed by atoms with Crippen molar-refractivity contribution in [1.82, 2.24) is 9.80 Å². The molecule has 0 bridgehead atoms. The van der Waals surface area contributed by atoms with Crippen molar-refractivity contribution in [1.29, 1.82) is 0 Å². The van der Waals surface area contributed by atoms with E-state index in [1.54, 1.807) is 11.0 Å². The van der Waals surface area contributed by atoms with E-state index in [1.165, 1.54) is 0 Å². The molecule has 0 aromatic heterocycles. The van der Waals surface area contributed by atoms with Crippen LogP contribution in [0.4, 0.5) is 4.79 Å². The Balaban J connectivity index is 1.45. The first-order valence-electron chi connectivity index (χ1n) is 10.1. The summed E-state index contributed by atoms with van der Waals surface area (Å²) < 4.78 is 12.2. The molecule has 2 aromatic carbocycles. The second kappa shape index (κ2) is 10.3. The quantitative estimate of drug-likeness (QED) is 0.541. The fourth-order valence-electron chi connectivity index (χ4n) is 3.30. The van der Waals surface area contributed by atoms with Crippen LogP contribution in [0.1, 0.15) is 11.1 Å². The first kappa shape index (κ1) is 22.6. The van der Waals surface area contributed by atoms with Crippen LogP contribution in [0.25, 0.3) is 6.08 Å². The molecular weight excluding hydrogens is 496 g/mol. The standard InChI is InChI=1S/C23H21BrN2O5S/c24-18-7-5-16(6-8-18)15-31-19-4-2-1-3-17(19)13-20-22(28)26(23(29)32-20)14-21(27)25-9-11-30-12-10-25/h1-8,13H,9-12,14-15H2/b20-13-. The van der Waals surface area contributed by atoms with Gasteiger partial charge in [0.15, 0.2) is 0 Å². The minimum Gasteiger partial charge on any atom is -0.488 e. The Morgan fingerprint density at radius 3 is 2.56 bits per heavy atom. The van der Waals surface area contributed by atoms with Crippen LogP contribution in [0.3, 0.4) is 0 Å². The topological polar surface area (TPSA) is 76.2 Å². The van der Waals surface area contributed by atoms with E-state index in [9.17, 15) is 14.4 Å². The third-order valence-corrected chi connectivity index (χ3v) is 6.48. The van der Waals surface area contributed by atoms with Gasteiger partial charge in [0.25, 0.3) is 11.1 Å². The van der Waals surface area contributed by atoms with Crippen LogP contribution in [-0.4, -0.2) is 59.7 Å². The zero-order chi connectivity index (χ0) is 22.5. The van der Waals surface area contributed by atoms with Crippen LogP contribution in [0, 0.1) is 0 Å². The van der Waals surface area contributed by atoms with Crippen molar-refractivity contribution < 1.29 is 23.9 Å². The van der Waals surface area contributed by atoms with Crippen molar-refractivity contribution in [2.24, 2.45) is 0 Å². The van der Waals surface area contributed by atoms with Gasteiger partial charge < -0.3 is 14.4 Å². The minimum atomic E-state index is -0.468. The number of hydrogen-bond acceptors (Lipinski definition) is 6. The van der Waals surface area contributed by atoms with E-state index < -0.39 is 11.1 Å². The normalized spacial score (nSPS) is 17.8. The van der Waals surface area contributed by atoms with Crippen LogP contribution in [0.15, 0.2) is 57.9 Å². The molecule has 32 heavy (non-hydrogen) atoms. The highest BCUT2D eigenvalue weighted by Gasteiger charge is 2.37. The Morgan fingerprint density at radius 2 is 1.81 bits per heavy atom. The Kier molecular flexibility index (Phi) is 7.29. The maximum atomic E-state index is 12.8. The van der Waals surface area contributed by atoms with Crippen molar-refractivity contribution in [3.05, 3.63) is 69.0 Å². The number of thioether (sulfide) groups is 1. The Morgan fingerprint density at radius 1 is 1.09 bits per heavy atom. The molecule has 0 spiro atoms. The van der Waals surface area contributed by atoms with Crippen molar-refractivity contribution in [2.45, 2.75) is 6.61 Å². The molecule has 2 fully saturated rings. The highest BCUT2D eigenvalue weighted by atomic mass is 79.9. The molecule has 3 amide bonds. The molecule has 0 unspecified atom stereocenters. The first-order valence-corrected chi connectivity index (χ1v) is 11.7. The smallest absolute Gasteiger partial charge is 0.294 e. The van der Waals surface area contributed by atoms with E-state index in [0.717, 1.165) is 26.7 Å². The molecular formula is C23H21BrN2O5S. The Bertz CT molecular complexity index is 1050. The number of amides is 3. The number of benzene rings is 2. The summed E-state index contributed by atoms with van der Waals surface area (Å²) in [5.74, 6) is -0.119. The SMILES string of the molecule is O=C(CN1C(=O)S/C(=C\c2ccccc2OCc2ccc(Br)cc2)C1=O)N1CCOCC1. The maximum Gasteiger partial charge on any atom is 0.294 e. The lowest BCUT2D eigenvalue weighted by Gasteiger charge is -2.28. The average molecular weight is 517 g/mol. The minimum absolute atomic E-state index is 0.255. The van der Waals surface area contributed by atoms with E-state index >= 15 is 0 Å². The van der Waals surface area contributed by atoms with Crippen LogP contribution < -0.4 is 4.74 Å². The number of para-hydroxylation sites is 1. The molecule has 0 N–H and O–H groups in total. The lowest BCUT2D eigenvalue weighted by molar-refractivity contribution is -0.139. The van der Waals surface area contributed by atoms with Crippen LogP contribution in [0.5, 0.6) is 5.75 Å². The van der Waals surface area contributed by atoms with Gasteiger partial charge in [-0.25, -0.2) is 0 Å². The van der Waals surface area contributed by atoms with Gasteiger partial charge in [0, 0.05) is 23.1 Å². The number of ether oxygens (including phenoxy) is 2. The second-order valence-corrected chi connectivity index (χ2v) is 9.12. The summed E-state index contributed by atoms with van der Waals surface area (Å²) >= 11 is 4.24. The molecule has 2 heterocycles. The van der Waals surface area contributed by atoms with E-state index in [-0.39, 0.29) is 17.4 Å². The van der Waals surface area contributed by atoms with Crippen molar-refractivity contribution in [3.8, 4) is 5.75 Å². The summed E-state index contributed by atoms with van der Waals surface area (Å²) in [5, 5.41) is -0.448. The lowest BCUT2D eigenvalue weighted by atomic mass is 10.1. The molecule has 0 atom stereocenters. The predicted octanol–water partition coefficient (Wildman–Crippen LogP) is 3.92. The highest BCUT2D eigenvalue weighted by molar-refractivity contribution is 9.10. The summed E-state index contributed by atoms with van der Waals surface area (Å²) in [7, 11) is 0. The van der Waals surface area contributed by atoms with Crippen molar-refractivity contribution in [3.63, 3.8) is 0 Å². The number of carbonyl (C=O) groups excluding carboxylic acids is 3. The zero-order valence-electron chi connectivity index (χ0n) is 17.2. The average Bonchev–Trinajstić information content (AvgIpc) is 3.07. The largest absolute Gasteiger partial charge is 0.488 e. The van der Waals surface area contributed by atoms with E-state index in [0.29, 0.717) is 44.2 Å². The van der Waals surface area contributed by atoms with Crippen molar-refractivity contribution >= 4 is 50.8 Å². The fraction of sp³-hybridized carbons (Fsp3) is 0.261. The zero-order valence-corrected chi connectivity index (χ0v) is 19.6. The number of halogens is 1. The summed E-state index contributed by atoms with van der Waals surface area (Å²) in [6, 6.07) is 15.1. The summed E-state index contributed by atoms with van der Waals surface area (Å²) in [6.07, 6.45) is 1.64. The Hall–Kier alpha value is -2.62. The molecule has 2 aliphatic rings. The van der Waals surface area contributed by atoms with Gasteiger partial charge in [-0.15, -0.1) is 0 Å². The third-order valence-electron chi connectivity index (χ3n) is 5.04. The number of carbonyl (C=O) groups is 3. The molecule has 0 aliphatic carbocycles. The van der Waals surface area contributed by atoms with Gasteiger partial charge in [0.1, 0.15) is 18.9 Å². The summed E-state index contributed by atoms with van der Waals surface area (Å²) in [4.78, 5) is 40.6. The third kappa shape index (κ3) is 5.40. The number of hydrogen-bond donors (Lipinski definition) is 0. The molecule has 0 radical (unpaired) electrons. The van der Waals surface area contributed by atoms with Gasteiger partial charge in [-0.2, -0.15) is 0 Å². The lowest BCUT2D eigenvalue weighted by Crippen LogP contribution is -2.46. The summed E-state index contributed by atoms with van der Waals surface area (Å²) in [6.45, 7) is 1.97. The van der Waals surface area contributed by atoms with Gasteiger partial charge in [-0.1, -0.05) is 46.3 Å². The number of imide groups is 1. The number of rotatable bonds is 6. The molecule has 2 saturated heterocycles. The number of nitrogens with zero attached hydrogens (tertiary/aromatic N) is 2. The maximum absolute atomic E-state index is 12.8. The predicted molar refractivity (Wildman–Crippen MR) is 125 cm³/mol. The van der Waals surface area contributed by atoms with Crippen LogP contribution in [0.2, 0.25) is 0 Å².